The van der Waals surface area contributed by atoms with Crippen LogP contribution < -0.4 is 10.2 Å². The van der Waals surface area contributed by atoms with Crippen LogP contribution in [0.15, 0.2) is 30.3 Å². The van der Waals surface area contributed by atoms with Gasteiger partial charge in [-0.2, -0.15) is 0 Å². The lowest BCUT2D eigenvalue weighted by Crippen LogP contribution is -2.44. The fraction of sp³-hybridized carbons (Fsp3) is 0.500. The number of carbonyl (C=O) groups excluding carboxylic acids is 1. The molecule has 0 spiro atoms. The molecule has 2 aliphatic rings. The van der Waals surface area contributed by atoms with Gasteiger partial charge in [0.2, 0.25) is 5.91 Å². The van der Waals surface area contributed by atoms with E-state index in [9.17, 15) is 4.79 Å². The van der Waals surface area contributed by atoms with Gasteiger partial charge in [0.15, 0.2) is 5.82 Å². The third-order valence-corrected chi connectivity index (χ3v) is 5.50. The van der Waals surface area contributed by atoms with Gasteiger partial charge in [-0.05, 0) is 44.0 Å². The summed E-state index contributed by atoms with van der Waals surface area (Å²) in [5, 5.41) is 2.80. The molecule has 2 saturated heterocycles. The molecule has 1 amide bonds. The van der Waals surface area contributed by atoms with E-state index in [0.717, 1.165) is 61.2 Å². The number of hydrogen-bond acceptors (Lipinski definition) is 6. The number of nitrogens with zero attached hydrogens (tertiary/aromatic N) is 3. The molecular weight excluding hydrogens is 368 g/mol. The third-order valence-electron chi connectivity index (χ3n) is 5.50. The van der Waals surface area contributed by atoms with Crippen molar-refractivity contribution in [3.63, 3.8) is 0 Å². The Morgan fingerprint density at radius 2 is 1.86 bits per heavy atom. The average Bonchev–Trinajstić information content (AvgIpc) is 2.74. The van der Waals surface area contributed by atoms with E-state index in [1.165, 1.54) is 6.92 Å². The Bertz CT molecular complexity index is 850. The first-order valence-corrected chi connectivity index (χ1v) is 10.3. The van der Waals surface area contributed by atoms with Crippen molar-refractivity contribution in [1.29, 1.82) is 0 Å². The number of nitrogens with one attached hydrogen (secondary N) is 1. The van der Waals surface area contributed by atoms with Crippen LogP contribution in [0, 0.1) is 0 Å². The van der Waals surface area contributed by atoms with Gasteiger partial charge in [0.05, 0.1) is 19.3 Å². The minimum Gasteiger partial charge on any atom is -0.381 e. The number of amides is 1. The highest BCUT2D eigenvalue weighted by Gasteiger charge is 2.24. The fourth-order valence-corrected chi connectivity index (χ4v) is 3.90. The molecule has 4 rings (SSSR count). The summed E-state index contributed by atoms with van der Waals surface area (Å²) in [6.45, 7) is 7.46. The molecule has 0 aliphatic carbocycles. The largest absolute Gasteiger partial charge is 0.381 e. The molecule has 7 heteroatoms. The molecule has 7 nitrogen and oxygen atoms in total. The molecule has 2 aliphatic heterocycles. The number of hydrogen-bond donors (Lipinski definition) is 1. The van der Waals surface area contributed by atoms with Gasteiger partial charge < -0.3 is 19.7 Å². The summed E-state index contributed by atoms with van der Waals surface area (Å²) in [6, 6.07) is 10.1. The lowest BCUT2D eigenvalue weighted by atomic mass is 9.96. The van der Waals surface area contributed by atoms with Crippen LogP contribution in [0.4, 0.5) is 11.5 Å². The van der Waals surface area contributed by atoms with Crippen LogP contribution in [0.5, 0.6) is 0 Å². The molecular formula is C22H28N4O3. The van der Waals surface area contributed by atoms with Gasteiger partial charge in [-0.3, -0.25) is 4.79 Å². The van der Waals surface area contributed by atoms with E-state index in [2.05, 4.69) is 23.2 Å². The maximum Gasteiger partial charge on any atom is 0.221 e. The van der Waals surface area contributed by atoms with E-state index in [-0.39, 0.29) is 11.9 Å². The summed E-state index contributed by atoms with van der Waals surface area (Å²) in [5.74, 6) is 1.98. The summed E-state index contributed by atoms with van der Waals surface area (Å²) in [5.41, 5.74) is 2.79. The zero-order valence-electron chi connectivity index (χ0n) is 17.1. The fourth-order valence-electron chi connectivity index (χ4n) is 3.90. The summed E-state index contributed by atoms with van der Waals surface area (Å²) in [6.07, 6.45) is 1.96. The van der Waals surface area contributed by atoms with E-state index >= 15 is 0 Å². The first kappa shape index (κ1) is 19.8. The van der Waals surface area contributed by atoms with Crippen molar-refractivity contribution >= 4 is 17.4 Å². The quantitative estimate of drug-likeness (QED) is 0.855. The Morgan fingerprint density at radius 3 is 2.55 bits per heavy atom. The van der Waals surface area contributed by atoms with E-state index in [1.54, 1.807) is 0 Å². The first-order valence-electron chi connectivity index (χ1n) is 10.3. The Hall–Kier alpha value is -2.51. The number of rotatable bonds is 4. The van der Waals surface area contributed by atoms with Gasteiger partial charge in [-0.15, -0.1) is 0 Å². The van der Waals surface area contributed by atoms with Crippen LogP contribution in [0.1, 0.15) is 38.3 Å². The van der Waals surface area contributed by atoms with E-state index in [4.69, 9.17) is 19.4 Å². The topological polar surface area (TPSA) is 76.6 Å². The molecule has 1 unspecified atom stereocenters. The lowest BCUT2D eigenvalue weighted by Gasteiger charge is -2.35. The smallest absolute Gasteiger partial charge is 0.221 e. The van der Waals surface area contributed by atoms with Crippen LogP contribution in [0.25, 0.3) is 11.4 Å². The predicted molar refractivity (Wildman–Crippen MR) is 112 cm³/mol. The molecule has 154 valence electrons. The Kier molecular flexibility index (Phi) is 6.06. The van der Waals surface area contributed by atoms with E-state index in [1.807, 2.05) is 24.3 Å². The van der Waals surface area contributed by atoms with Crippen molar-refractivity contribution in [3.05, 3.63) is 36.0 Å². The Labute approximate surface area is 171 Å². The highest BCUT2D eigenvalue weighted by Crippen LogP contribution is 2.31. The van der Waals surface area contributed by atoms with Crippen molar-refractivity contribution in [2.75, 3.05) is 43.2 Å². The summed E-state index contributed by atoms with van der Waals surface area (Å²) in [7, 11) is 0. The van der Waals surface area contributed by atoms with Crippen LogP contribution >= 0.6 is 0 Å². The number of carbonyl (C=O) groups is 1. The maximum atomic E-state index is 11.3. The zero-order chi connectivity index (χ0) is 20.2. The number of ether oxygens (including phenoxy) is 2. The van der Waals surface area contributed by atoms with Crippen LogP contribution in [-0.2, 0) is 14.3 Å². The molecule has 29 heavy (non-hydrogen) atoms. The molecule has 1 atom stereocenters. The van der Waals surface area contributed by atoms with Crippen molar-refractivity contribution in [1.82, 2.24) is 9.97 Å². The van der Waals surface area contributed by atoms with E-state index in [0.29, 0.717) is 19.1 Å². The van der Waals surface area contributed by atoms with Gasteiger partial charge in [0.25, 0.3) is 0 Å². The first-order chi connectivity index (χ1) is 14.1. The molecule has 2 fully saturated rings. The molecule has 0 saturated carbocycles. The second kappa shape index (κ2) is 8.88. The minimum absolute atomic E-state index is 0.0842. The lowest BCUT2D eigenvalue weighted by molar-refractivity contribution is -0.114. The number of aromatic nitrogens is 2. The Balaban J connectivity index is 1.69. The van der Waals surface area contributed by atoms with Crippen molar-refractivity contribution in [2.24, 2.45) is 0 Å². The monoisotopic (exact) mass is 396 g/mol. The summed E-state index contributed by atoms with van der Waals surface area (Å²) >= 11 is 0. The predicted octanol–water partition coefficient (Wildman–Crippen LogP) is 3.22. The van der Waals surface area contributed by atoms with Crippen LogP contribution in [0.2, 0.25) is 0 Å². The standard InChI is InChI=1S/C22H28N4O3/c1-15-14-29-12-9-26(15)21-13-20(17-7-10-28-11-8-17)24-22(25-21)18-3-5-19(6-4-18)23-16(2)27/h3-6,13,15,17H,7-12,14H2,1-2H3,(H,23,27). The SMILES string of the molecule is CC(=O)Nc1ccc(-c2nc(C3CCOCC3)cc(N3CCOCC3C)n2)cc1. The van der Waals surface area contributed by atoms with Crippen molar-refractivity contribution < 1.29 is 14.3 Å². The zero-order valence-corrected chi connectivity index (χ0v) is 17.1. The van der Waals surface area contributed by atoms with Gasteiger partial charge >= 0.3 is 0 Å². The number of morpholine rings is 1. The van der Waals surface area contributed by atoms with Gasteiger partial charge in [-0.1, -0.05) is 0 Å². The van der Waals surface area contributed by atoms with Crippen LogP contribution in [-0.4, -0.2) is 54.9 Å². The molecule has 1 aromatic carbocycles. The highest BCUT2D eigenvalue weighted by molar-refractivity contribution is 5.88. The van der Waals surface area contributed by atoms with Crippen LogP contribution in [0.3, 0.4) is 0 Å². The summed E-state index contributed by atoms with van der Waals surface area (Å²) < 4.78 is 11.1. The third kappa shape index (κ3) is 4.74. The minimum atomic E-state index is -0.0842. The Morgan fingerprint density at radius 1 is 1.10 bits per heavy atom. The number of benzene rings is 1. The van der Waals surface area contributed by atoms with Crippen molar-refractivity contribution in [3.8, 4) is 11.4 Å². The molecule has 0 bridgehead atoms. The van der Waals surface area contributed by atoms with E-state index < -0.39 is 0 Å². The normalized spacial score (nSPS) is 20.5. The van der Waals surface area contributed by atoms with Crippen molar-refractivity contribution in [2.45, 2.75) is 38.6 Å². The molecule has 1 aromatic heterocycles. The molecule has 0 radical (unpaired) electrons. The molecule has 3 heterocycles. The number of anilines is 2. The second-order valence-electron chi connectivity index (χ2n) is 7.74. The molecule has 2 aromatic rings. The van der Waals surface area contributed by atoms with Gasteiger partial charge in [-0.25, -0.2) is 9.97 Å². The average molecular weight is 396 g/mol. The van der Waals surface area contributed by atoms with Gasteiger partial charge in [0.1, 0.15) is 5.82 Å². The summed E-state index contributed by atoms with van der Waals surface area (Å²) in [4.78, 5) is 23.4. The highest BCUT2D eigenvalue weighted by atomic mass is 16.5. The molecule has 1 N–H and O–H groups in total. The second-order valence-corrected chi connectivity index (χ2v) is 7.74. The van der Waals surface area contributed by atoms with Gasteiger partial charge in [0, 0.05) is 55.6 Å². The maximum absolute atomic E-state index is 11.3.